The van der Waals surface area contributed by atoms with E-state index in [-0.39, 0.29) is 24.5 Å². The molecule has 0 spiro atoms. The van der Waals surface area contributed by atoms with Crippen molar-refractivity contribution < 1.29 is 14.1 Å². The predicted octanol–water partition coefficient (Wildman–Crippen LogP) is 9.89. The van der Waals surface area contributed by atoms with Crippen molar-refractivity contribution >= 4 is 91.9 Å². The molecule has 2 aliphatic heterocycles. The largest absolute Gasteiger partial charge is 0.444 e. The van der Waals surface area contributed by atoms with Crippen LogP contribution in [0.5, 0.6) is 0 Å². The van der Waals surface area contributed by atoms with Crippen molar-refractivity contribution in [1.82, 2.24) is 39.4 Å². The number of hydrogen-bond donors (Lipinski definition) is 1. The highest BCUT2D eigenvalue weighted by molar-refractivity contribution is 8.24. The number of piperidine rings is 2. The number of nitrogens with one attached hydrogen (secondary N) is 1. The first-order chi connectivity index (χ1) is 21.5. The molecule has 260 valence electrons. The molecule has 2 atom stereocenters. The number of halogens is 6. The van der Waals surface area contributed by atoms with E-state index in [1.54, 1.807) is 9.42 Å². The molecular formula is C29H39Cl6N8O3P. The lowest BCUT2D eigenvalue weighted by Gasteiger charge is -2.35. The number of amides is 1. The number of aromatic nitrogens is 6. The third-order valence-corrected chi connectivity index (χ3v) is 8.08. The summed E-state index contributed by atoms with van der Waals surface area (Å²) in [6, 6.07) is 4.20. The molecule has 47 heavy (non-hydrogen) atoms. The maximum absolute atomic E-state index is 12.6. The summed E-state index contributed by atoms with van der Waals surface area (Å²) >= 11 is 26.0. The lowest BCUT2D eigenvalue weighted by atomic mass is 10.00. The van der Waals surface area contributed by atoms with Crippen molar-refractivity contribution in [1.29, 1.82) is 0 Å². The number of likely N-dealkylation sites (tertiary alicyclic amines) is 1. The van der Waals surface area contributed by atoms with E-state index in [0.717, 1.165) is 60.4 Å². The molecule has 0 aromatic carbocycles. The summed E-state index contributed by atoms with van der Waals surface area (Å²) in [5.74, 6) is 0. The van der Waals surface area contributed by atoms with E-state index in [1.165, 1.54) is 12.8 Å². The quantitative estimate of drug-likeness (QED) is 0.158. The summed E-state index contributed by atoms with van der Waals surface area (Å²) in [5, 5.41) is 10.5. The van der Waals surface area contributed by atoms with Gasteiger partial charge in [0.25, 0.3) is 0 Å². The minimum absolute atomic E-state index is 0. The highest BCUT2D eigenvalue weighted by atomic mass is 36.0. The van der Waals surface area contributed by atoms with Crippen LogP contribution >= 0.6 is 74.5 Å². The second-order valence-corrected chi connectivity index (χ2v) is 19.6. The van der Waals surface area contributed by atoms with Crippen LogP contribution < -0.4 is 5.32 Å². The van der Waals surface area contributed by atoms with Gasteiger partial charge in [-0.1, -0.05) is 29.6 Å². The van der Waals surface area contributed by atoms with Gasteiger partial charge in [-0.05, 0) is 107 Å². The van der Waals surface area contributed by atoms with Crippen LogP contribution in [0.15, 0.2) is 24.5 Å². The molecule has 2 saturated heterocycles. The zero-order valence-electron chi connectivity index (χ0n) is 26.7. The first-order valence-electron chi connectivity index (χ1n) is 15.0. The van der Waals surface area contributed by atoms with Gasteiger partial charge in [0, 0.05) is 42.2 Å². The van der Waals surface area contributed by atoms with Crippen LogP contribution in [0.1, 0.15) is 93.9 Å². The molecule has 18 heteroatoms. The predicted molar refractivity (Wildman–Crippen MR) is 192 cm³/mol. The topological polar surface area (TPSA) is 119 Å². The molecule has 2 fully saturated rings. The van der Waals surface area contributed by atoms with Crippen molar-refractivity contribution in [2.75, 3.05) is 13.1 Å². The molecule has 6 rings (SSSR count). The molecule has 0 bridgehead atoms. The van der Waals surface area contributed by atoms with Crippen LogP contribution in [-0.4, -0.2) is 58.9 Å². The average molecular weight is 791 g/mol. The number of fused-ring (bicyclic) bond motifs is 2. The number of rotatable bonds is 2. The Bertz CT molecular complexity index is 1630. The highest BCUT2D eigenvalue weighted by Gasteiger charge is 2.33. The van der Waals surface area contributed by atoms with Crippen LogP contribution in [0.3, 0.4) is 0 Å². The number of carbonyl (C=O) groups excluding carboxylic acids is 1. The molecule has 1 amide bonds. The molecule has 6 heterocycles. The molecule has 0 aliphatic carbocycles. The van der Waals surface area contributed by atoms with Gasteiger partial charge < -0.3 is 10.1 Å². The summed E-state index contributed by atoms with van der Waals surface area (Å²) in [5.41, 5.74) is 4.72. The van der Waals surface area contributed by atoms with E-state index in [4.69, 9.17) is 27.9 Å². The Labute approximate surface area is 305 Å². The average Bonchev–Trinajstić information content (AvgIpc) is 3.56. The Hall–Kier alpha value is -1.56. The van der Waals surface area contributed by atoms with Gasteiger partial charge in [0.2, 0.25) is 0 Å². The van der Waals surface area contributed by atoms with E-state index in [1.807, 2.05) is 63.7 Å². The summed E-state index contributed by atoms with van der Waals surface area (Å²) < 4.78 is 18.6. The maximum Gasteiger partial charge on any atom is 0.410 e. The van der Waals surface area contributed by atoms with Gasteiger partial charge in [-0.15, -0.1) is 12.4 Å². The van der Waals surface area contributed by atoms with Crippen LogP contribution in [0.4, 0.5) is 4.79 Å². The Kier molecular flexibility index (Phi) is 14.3. The summed E-state index contributed by atoms with van der Waals surface area (Å²) in [6.45, 7) is 11.2. The Morgan fingerprint density at radius 2 is 1.40 bits per heavy atom. The van der Waals surface area contributed by atoms with E-state index in [0.29, 0.717) is 28.5 Å². The first-order valence-corrected chi connectivity index (χ1v) is 20.1. The summed E-state index contributed by atoms with van der Waals surface area (Å²) in [7, 11) is 0. The fraction of sp³-hybridized carbons (Fsp3) is 0.552. The van der Waals surface area contributed by atoms with Gasteiger partial charge in [0.15, 0.2) is 11.3 Å². The van der Waals surface area contributed by atoms with Gasteiger partial charge in [-0.25, -0.2) is 23.8 Å². The zero-order valence-corrected chi connectivity index (χ0v) is 32.2. The molecule has 4 aromatic heterocycles. The Morgan fingerprint density at radius 1 is 0.894 bits per heavy atom. The normalized spacial score (nSPS) is 18.5. The standard InChI is InChI=1S/C17H23ClN4O2.C12H15ClN4.Cl3OP.ClH/c1-11-10-22-14(19-15(11)18)9-12(20-22)13-7-5-6-8-21(13)16(23)24-17(2,3)4;1-8-7-17-11(15-12(8)13)6-10(16-17)9-4-2-3-5-14-9;1-5(2,3)4;/h9-10,13H,5-8H2,1-4H3;6-7,9,14H,2-5H2,1H3;;1H/t13-;9-;;/m00../s1. The number of hydrogen-bond acceptors (Lipinski definition) is 8. The van der Waals surface area contributed by atoms with Gasteiger partial charge in [-0.2, -0.15) is 10.2 Å². The maximum atomic E-state index is 12.6. The van der Waals surface area contributed by atoms with Crippen LogP contribution in [-0.2, 0) is 9.30 Å². The minimum Gasteiger partial charge on any atom is -0.444 e. The van der Waals surface area contributed by atoms with E-state index >= 15 is 0 Å². The zero-order chi connectivity index (χ0) is 33.8. The van der Waals surface area contributed by atoms with Crippen LogP contribution in [0, 0.1) is 13.8 Å². The van der Waals surface area contributed by atoms with Gasteiger partial charge in [0.05, 0.1) is 23.5 Å². The smallest absolute Gasteiger partial charge is 0.410 e. The summed E-state index contributed by atoms with van der Waals surface area (Å²) in [6.07, 6.45) is 10.1. The number of nitrogens with zero attached hydrogens (tertiary/aromatic N) is 7. The molecule has 0 saturated carbocycles. The first kappa shape index (κ1) is 39.9. The molecule has 4 aromatic rings. The molecule has 11 nitrogen and oxygen atoms in total. The minimum atomic E-state index is -3.22. The number of aryl methyl sites for hydroxylation is 2. The molecule has 2 aliphatic rings. The van der Waals surface area contributed by atoms with Crippen LogP contribution in [0.2, 0.25) is 10.3 Å². The van der Waals surface area contributed by atoms with Crippen molar-refractivity contribution in [2.45, 2.75) is 90.8 Å². The van der Waals surface area contributed by atoms with Crippen molar-refractivity contribution in [3.63, 3.8) is 0 Å². The lowest BCUT2D eigenvalue weighted by Crippen LogP contribution is -2.42. The van der Waals surface area contributed by atoms with Crippen molar-refractivity contribution in [3.05, 3.63) is 57.3 Å². The fourth-order valence-electron chi connectivity index (χ4n) is 5.23. The molecular weight excluding hydrogens is 752 g/mol. The third-order valence-electron chi connectivity index (χ3n) is 7.32. The Morgan fingerprint density at radius 3 is 1.91 bits per heavy atom. The second-order valence-electron chi connectivity index (χ2n) is 12.3. The molecule has 0 radical (unpaired) electrons. The van der Waals surface area contributed by atoms with Gasteiger partial charge in [-0.3, -0.25) is 9.46 Å². The monoisotopic (exact) mass is 788 g/mol. The van der Waals surface area contributed by atoms with Gasteiger partial charge >= 0.3 is 11.3 Å². The second kappa shape index (κ2) is 16.9. The summed E-state index contributed by atoms with van der Waals surface area (Å²) in [4.78, 5) is 23.0. The third kappa shape index (κ3) is 11.8. The molecule has 0 unspecified atom stereocenters. The fourth-order valence-corrected chi connectivity index (χ4v) is 5.50. The number of ether oxygens (including phenoxy) is 1. The van der Waals surface area contributed by atoms with Gasteiger partial charge in [0.1, 0.15) is 15.9 Å². The number of carbonyl (C=O) groups is 1. The highest BCUT2D eigenvalue weighted by Crippen LogP contribution is 2.61. The van der Waals surface area contributed by atoms with Crippen molar-refractivity contribution in [2.24, 2.45) is 0 Å². The lowest BCUT2D eigenvalue weighted by molar-refractivity contribution is 0.00897. The van der Waals surface area contributed by atoms with E-state index in [2.05, 4.69) is 59.2 Å². The van der Waals surface area contributed by atoms with E-state index < -0.39 is 10.8 Å². The van der Waals surface area contributed by atoms with Crippen molar-refractivity contribution in [3.8, 4) is 0 Å². The molecule has 1 N–H and O–H groups in total. The SMILES string of the molecule is Cc1cn2nc([C@@H]3CCCCN3)cc2nc1Cl.Cc1cn2nc([C@@H]3CCCCN3C(=O)OC(C)(C)C)cc2nc1Cl.Cl.O=P(Cl)(Cl)Cl. The Balaban J connectivity index is 0.000000228. The van der Waals surface area contributed by atoms with E-state index in [9.17, 15) is 9.36 Å². The van der Waals surface area contributed by atoms with Crippen LogP contribution in [0.25, 0.3) is 11.3 Å².